The number of allylic oxidation sites excluding steroid dienone is 2. The molecule has 1 amide bonds. The van der Waals surface area contributed by atoms with Gasteiger partial charge in [-0.15, -0.1) is 0 Å². The molecule has 1 aliphatic carbocycles. The number of nitrogens with zero attached hydrogens (tertiary/aromatic N) is 1. The van der Waals surface area contributed by atoms with Gasteiger partial charge in [0, 0.05) is 0 Å². The number of halogens is 1. The Kier molecular flexibility index (Phi) is 3.57. The Morgan fingerprint density at radius 1 is 1.44 bits per heavy atom. The van der Waals surface area contributed by atoms with Gasteiger partial charge in [0.15, 0.2) is 0 Å². The highest BCUT2D eigenvalue weighted by Crippen LogP contribution is 2.38. The smallest absolute Gasteiger partial charge is 0.250 e. The van der Waals surface area contributed by atoms with E-state index in [2.05, 4.69) is 40.8 Å². The Morgan fingerprint density at radius 2 is 2.17 bits per heavy atom. The van der Waals surface area contributed by atoms with E-state index in [4.69, 9.17) is 5.73 Å². The third kappa shape index (κ3) is 2.80. The molecule has 1 aliphatic rings. The monoisotopic (exact) mass is 308 g/mol. The molecule has 96 valence electrons. The third-order valence-electron chi connectivity index (χ3n) is 3.40. The number of hydrogen-bond acceptors (Lipinski definition) is 2. The topological polar surface area (TPSA) is 56.0 Å². The maximum atomic E-state index is 11.4. The maximum Gasteiger partial charge on any atom is 0.250 e. The standard InChI is InChI=1S/C14H17BrN2O/c1-14(2)7-5-9(6-8-14)12-10(13(16)18)3-4-11(15)17-12/h3-5H,6-8H2,1-2H3,(H2,16,18). The lowest BCUT2D eigenvalue weighted by Gasteiger charge is -2.28. The van der Waals surface area contributed by atoms with Gasteiger partial charge in [-0.25, -0.2) is 4.98 Å². The zero-order chi connectivity index (χ0) is 13.3. The second kappa shape index (κ2) is 4.84. The summed E-state index contributed by atoms with van der Waals surface area (Å²) < 4.78 is 0.730. The molecule has 0 unspecified atom stereocenters. The van der Waals surface area contributed by atoms with E-state index in [1.807, 2.05) is 0 Å². The van der Waals surface area contributed by atoms with Crippen molar-refractivity contribution in [3.63, 3.8) is 0 Å². The summed E-state index contributed by atoms with van der Waals surface area (Å²) in [5.74, 6) is -0.421. The second-order valence-electron chi connectivity index (χ2n) is 5.49. The fourth-order valence-corrected chi connectivity index (χ4v) is 2.48. The fraction of sp³-hybridized carbons (Fsp3) is 0.429. The van der Waals surface area contributed by atoms with E-state index in [0.717, 1.165) is 35.1 Å². The van der Waals surface area contributed by atoms with E-state index >= 15 is 0 Å². The summed E-state index contributed by atoms with van der Waals surface area (Å²) in [5, 5.41) is 0. The molecule has 2 N–H and O–H groups in total. The predicted octanol–water partition coefficient (Wildman–Crippen LogP) is 3.54. The van der Waals surface area contributed by atoms with Crippen LogP contribution in [0.25, 0.3) is 5.57 Å². The minimum Gasteiger partial charge on any atom is -0.366 e. The minimum absolute atomic E-state index is 0.336. The van der Waals surface area contributed by atoms with Crippen molar-refractivity contribution in [1.82, 2.24) is 4.98 Å². The molecular weight excluding hydrogens is 292 g/mol. The van der Waals surface area contributed by atoms with Crippen LogP contribution in [-0.2, 0) is 0 Å². The summed E-state index contributed by atoms with van der Waals surface area (Å²) >= 11 is 3.34. The number of aromatic nitrogens is 1. The average molecular weight is 309 g/mol. The van der Waals surface area contributed by atoms with Crippen molar-refractivity contribution in [2.24, 2.45) is 11.1 Å². The van der Waals surface area contributed by atoms with Crippen LogP contribution < -0.4 is 5.73 Å². The Balaban J connectivity index is 2.42. The maximum absolute atomic E-state index is 11.4. The molecule has 4 heteroatoms. The van der Waals surface area contributed by atoms with Gasteiger partial charge in [0.1, 0.15) is 4.60 Å². The van der Waals surface area contributed by atoms with Gasteiger partial charge in [-0.1, -0.05) is 19.9 Å². The Hall–Kier alpha value is -1.16. The molecule has 0 saturated carbocycles. The number of pyridine rings is 1. The molecule has 0 spiro atoms. The van der Waals surface area contributed by atoms with Gasteiger partial charge in [-0.3, -0.25) is 4.79 Å². The van der Waals surface area contributed by atoms with Crippen LogP contribution in [0.5, 0.6) is 0 Å². The number of amides is 1. The highest BCUT2D eigenvalue weighted by molar-refractivity contribution is 9.10. The van der Waals surface area contributed by atoms with Gasteiger partial charge in [0.2, 0.25) is 0 Å². The van der Waals surface area contributed by atoms with Crippen molar-refractivity contribution in [3.8, 4) is 0 Å². The van der Waals surface area contributed by atoms with Gasteiger partial charge in [0.25, 0.3) is 5.91 Å². The van der Waals surface area contributed by atoms with Gasteiger partial charge in [-0.05, 0) is 58.3 Å². The molecule has 0 saturated heterocycles. The van der Waals surface area contributed by atoms with Gasteiger partial charge >= 0.3 is 0 Å². The van der Waals surface area contributed by atoms with E-state index in [-0.39, 0.29) is 0 Å². The van der Waals surface area contributed by atoms with Crippen LogP contribution in [0.3, 0.4) is 0 Å². The highest BCUT2D eigenvalue weighted by Gasteiger charge is 2.24. The number of carbonyl (C=O) groups is 1. The number of rotatable bonds is 2. The number of nitrogens with two attached hydrogens (primary N) is 1. The van der Waals surface area contributed by atoms with E-state index in [1.165, 1.54) is 0 Å². The van der Waals surface area contributed by atoms with Crippen LogP contribution in [0.15, 0.2) is 22.8 Å². The largest absolute Gasteiger partial charge is 0.366 e. The van der Waals surface area contributed by atoms with Crippen LogP contribution in [0.2, 0.25) is 0 Å². The van der Waals surface area contributed by atoms with E-state index in [0.29, 0.717) is 11.0 Å². The molecule has 0 radical (unpaired) electrons. The number of primary amides is 1. The van der Waals surface area contributed by atoms with Gasteiger partial charge in [0.05, 0.1) is 11.3 Å². The Bertz CT molecular complexity index is 521. The molecule has 0 bridgehead atoms. The minimum atomic E-state index is -0.421. The first-order valence-corrected chi connectivity index (χ1v) is 6.84. The van der Waals surface area contributed by atoms with Crippen LogP contribution in [0, 0.1) is 5.41 Å². The van der Waals surface area contributed by atoms with Crippen molar-refractivity contribution in [2.75, 3.05) is 0 Å². The summed E-state index contributed by atoms with van der Waals surface area (Å²) in [5.41, 5.74) is 8.10. The Morgan fingerprint density at radius 3 is 2.72 bits per heavy atom. The highest BCUT2D eigenvalue weighted by atomic mass is 79.9. The lowest BCUT2D eigenvalue weighted by molar-refractivity contribution is 0.0999. The molecule has 0 fully saturated rings. The van der Waals surface area contributed by atoms with Crippen molar-refractivity contribution in [3.05, 3.63) is 34.1 Å². The summed E-state index contributed by atoms with van der Waals surface area (Å²) in [4.78, 5) is 15.9. The summed E-state index contributed by atoms with van der Waals surface area (Å²) in [6.07, 6.45) is 5.24. The van der Waals surface area contributed by atoms with Crippen LogP contribution in [0.1, 0.15) is 49.2 Å². The number of hydrogen-bond donors (Lipinski definition) is 1. The summed E-state index contributed by atoms with van der Waals surface area (Å²) in [7, 11) is 0. The van der Waals surface area contributed by atoms with Crippen LogP contribution in [-0.4, -0.2) is 10.9 Å². The first kappa shape index (κ1) is 13.3. The molecular formula is C14H17BrN2O. The van der Waals surface area contributed by atoms with Crippen molar-refractivity contribution >= 4 is 27.4 Å². The van der Waals surface area contributed by atoms with Crippen LogP contribution in [0.4, 0.5) is 0 Å². The van der Waals surface area contributed by atoms with Gasteiger partial charge < -0.3 is 5.73 Å². The molecule has 18 heavy (non-hydrogen) atoms. The summed E-state index contributed by atoms with van der Waals surface area (Å²) in [6, 6.07) is 3.48. The molecule has 3 nitrogen and oxygen atoms in total. The van der Waals surface area contributed by atoms with E-state index in [1.54, 1.807) is 12.1 Å². The second-order valence-corrected chi connectivity index (χ2v) is 6.30. The Labute approximate surface area is 116 Å². The first-order chi connectivity index (χ1) is 8.39. The average Bonchev–Trinajstić information content (AvgIpc) is 2.28. The lowest BCUT2D eigenvalue weighted by atomic mass is 9.77. The van der Waals surface area contributed by atoms with Crippen molar-refractivity contribution in [2.45, 2.75) is 33.1 Å². The normalized spacial score (nSPS) is 18.3. The predicted molar refractivity (Wildman–Crippen MR) is 76.1 cm³/mol. The van der Waals surface area contributed by atoms with Crippen molar-refractivity contribution < 1.29 is 4.79 Å². The molecule has 2 rings (SSSR count). The molecule has 1 heterocycles. The summed E-state index contributed by atoms with van der Waals surface area (Å²) in [6.45, 7) is 4.51. The quantitative estimate of drug-likeness (QED) is 0.850. The molecule has 0 aliphatic heterocycles. The molecule has 0 aromatic carbocycles. The molecule has 1 aromatic rings. The zero-order valence-corrected chi connectivity index (χ0v) is 12.3. The van der Waals surface area contributed by atoms with Gasteiger partial charge in [-0.2, -0.15) is 0 Å². The number of carbonyl (C=O) groups excluding carboxylic acids is 1. The van der Waals surface area contributed by atoms with Crippen molar-refractivity contribution in [1.29, 1.82) is 0 Å². The first-order valence-electron chi connectivity index (χ1n) is 6.05. The van der Waals surface area contributed by atoms with E-state index < -0.39 is 5.91 Å². The third-order valence-corrected chi connectivity index (χ3v) is 3.84. The SMILES string of the molecule is CC1(C)CC=C(c2nc(Br)ccc2C(N)=O)CC1. The fourth-order valence-electron chi connectivity index (χ4n) is 2.17. The lowest BCUT2D eigenvalue weighted by Crippen LogP contribution is -2.18. The molecule has 1 aromatic heterocycles. The van der Waals surface area contributed by atoms with E-state index in [9.17, 15) is 4.79 Å². The zero-order valence-electron chi connectivity index (χ0n) is 10.7. The molecule has 0 atom stereocenters. The van der Waals surface area contributed by atoms with Crippen LogP contribution >= 0.6 is 15.9 Å².